The van der Waals surface area contributed by atoms with Gasteiger partial charge in [-0.2, -0.15) is 0 Å². The molecule has 0 spiro atoms. The summed E-state index contributed by atoms with van der Waals surface area (Å²) in [5.41, 5.74) is 0.469. The van der Waals surface area contributed by atoms with Gasteiger partial charge in [0.05, 0.1) is 9.99 Å². The smallest absolute Gasteiger partial charge is 0.352 e. The summed E-state index contributed by atoms with van der Waals surface area (Å²) >= 11 is 3.65. The van der Waals surface area contributed by atoms with Crippen molar-refractivity contribution in [2.45, 2.75) is 6.42 Å². The van der Waals surface area contributed by atoms with Gasteiger partial charge in [0.15, 0.2) is 0 Å². The van der Waals surface area contributed by atoms with E-state index in [1.54, 1.807) is 24.3 Å². The van der Waals surface area contributed by atoms with Crippen molar-refractivity contribution in [3.8, 4) is 11.5 Å². The first-order valence-electron chi connectivity index (χ1n) is 8.31. The first-order valence-corrected chi connectivity index (χ1v) is 10.3. The van der Waals surface area contributed by atoms with Crippen molar-refractivity contribution in [1.29, 1.82) is 0 Å². The summed E-state index contributed by atoms with van der Waals surface area (Å²) in [6, 6.07) is 18.3. The number of hydrogen-bond donors (Lipinski definition) is 2. The quantitative estimate of drug-likeness (QED) is 0.353. The number of para-hydroxylation sites is 1. The highest BCUT2D eigenvalue weighted by molar-refractivity contribution is 14.1. The molecule has 1 aromatic heterocycles. The SMILES string of the molecule is O=C(Cc1cccs1)N/C(=C/c1ccc(Oc2ccccc2I)cc1)C(=O)O. The van der Waals surface area contributed by atoms with Gasteiger partial charge in [-0.3, -0.25) is 4.79 Å². The molecule has 0 unspecified atom stereocenters. The Labute approximate surface area is 179 Å². The molecule has 7 heteroatoms. The van der Waals surface area contributed by atoms with Crippen LogP contribution in [0, 0.1) is 3.57 Å². The van der Waals surface area contributed by atoms with Gasteiger partial charge in [0.2, 0.25) is 5.91 Å². The minimum absolute atomic E-state index is 0.144. The van der Waals surface area contributed by atoms with Crippen LogP contribution in [-0.4, -0.2) is 17.0 Å². The van der Waals surface area contributed by atoms with E-state index in [1.165, 1.54) is 17.4 Å². The first kappa shape index (κ1) is 20.1. The van der Waals surface area contributed by atoms with Crippen molar-refractivity contribution in [3.05, 3.63) is 85.8 Å². The van der Waals surface area contributed by atoms with Crippen LogP contribution in [0.4, 0.5) is 0 Å². The third kappa shape index (κ3) is 5.67. The number of rotatable bonds is 7. The second-order valence-corrected chi connectivity index (χ2v) is 7.96. The van der Waals surface area contributed by atoms with Crippen LogP contribution in [0.1, 0.15) is 10.4 Å². The van der Waals surface area contributed by atoms with E-state index in [9.17, 15) is 14.7 Å². The molecule has 0 bridgehead atoms. The Morgan fingerprint density at radius 2 is 1.82 bits per heavy atom. The summed E-state index contributed by atoms with van der Waals surface area (Å²) in [7, 11) is 0. The Morgan fingerprint density at radius 1 is 1.07 bits per heavy atom. The highest BCUT2D eigenvalue weighted by atomic mass is 127. The molecular weight excluding hydrogens is 489 g/mol. The molecule has 0 saturated carbocycles. The number of amides is 1. The number of carboxylic acid groups (broad SMARTS) is 1. The minimum Gasteiger partial charge on any atom is -0.477 e. The Kier molecular flexibility index (Phi) is 6.83. The van der Waals surface area contributed by atoms with Crippen LogP contribution in [0.25, 0.3) is 6.08 Å². The predicted octanol–water partition coefficient (Wildman–Crippen LogP) is 4.93. The molecule has 0 saturated heterocycles. The minimum atomic E-state index is -1.20. The second-order valence-electron chi connectivity index (χ2n) is 5.77. The van der Waals surface area contributed by atoms with E-state index >= 15 is 0 Å². The number of thiophene rings is 1. The molecule has 2 aromatic carbocycles. The average molecular weight is 505 g/mol. The fourth-order valence-electron chi connectivity index (χ4n) is 2.37. The number of carbonyl (C=O) groups is 2. The van der Waals surface area contributed by atoms with Gasteiger partial charge in [-0.25, -0.2) is 4.79 Å². The Bertz CT molecular complexity index is 998. The van der Waals surface area contributed by atoms with Crippen molar-refractivity contribution >= 4 is 51.9 Å². The fourth-order valence-corrected chi connectivity index (χ4v) is 3.57. The molecular formula is C21H16INO4S. The lowest BCUT2D eigenvalue weighted by atomic mass is 10.2. The molecule has 1 heterocycles. The Hall–Kier alpha value is -2.65. The lowest BCUT2D eigenvalue weighted by Crippen LogP contribution is -2.28. The maximum Gasteiger partial charge on any atom is 0.352 e. The van der Waals surface area contributed by atoms with E-state index in [4.69, 9.17) is 4.74 Å². The Morgan fingerprint density at radius 3 is 2.46 bits per heavy atom. The maximum absolute atomic E-state index is 12.1. The number of nitrogens with one attached hydrogen (secondary N) is 1. The molecule has 0 atom stereocenters. The predicted molar refractivity (Wildman–Crippen MR) is 117 cm³/mol. The highest BCUT2D eigenvalue weighted by Crippen LogP contribution is 2.26. The Balaban J connectivity index is 1.69. The summed E-state index contributed by atoms with van der Waals surface area (Å²) in [6.07, 6.45) is 1.56. The van der Waals surface area contributed by atoms with Gasteiger partial charge in [-0.1, -0.05) is 30.3 Å². The summed E-state index contributed by atoms with van der Waals surface area (Å²) in [5.74, 6) is -0.174. The number of aliphatic carboxylic acids is 1. The third-order valence-corrected chi connectivity index (χ3v) is 5.44. The summed E-state index contributed by atoms with van der Waals surface area (Å²) < 4.78 is 6.82. The number of halogens is 1. The van der Waals surface area contributed by atoms with E-state index in [2.05, 4.69) is 27.9 Å². The molecule has 28 heavy (non-hydrogen) atoms. The van der Waals surface area contributed by atoms with Gasteiger partial charge >= 0.3 is 5.97 Å². The molecule has 3 rings (SSSR count). The van der Waals surface area contributed by atoms with Gasteiger partial charge in [0.25, 0.3) is 0 Å². The van der Waals surface area contributed by atoms with Crippen LogP contribution in [0.15, 0.2) is 71.7 Å². The monoisotopic (exact) mass is 505 g/mol. The van der Waals surface area contributed by atoms with E-state index in [0.29, 0.717) is 11.3 Å². The van der Waals surface area contributed by atoms with Crippen LogP contribution in [0.2, 0.25) is 0 Å². The van der Waals surface area contributed by atoms with Gasteiger partial charge in [0.1, 0.15) is 17.2 Å². The average Bonchev–Trinajstić information content (AvgIpc) is 3.17. The van der Waals surface area contributed by atoms with Crippen LogP contribution in [0.3, 0.4) is 0 Å². The third-order valence-electron chi connectivity index (χ3n) is 3.67. The lowest BCUT2D eigenvalue weighted by Gasteiger charge is -2.08. The molecule has 3 aromatic rings. The second kappa shape index (κ2) is 9.52. The van der Waals surface area contributed by atoms with Crippen LogP contribution in [0.5, 0.6) is 11.5 Å². The van der Waals surface area contributed by atoms with E-state index in [0.717, 1.165) is 14.2 Å². The zero-order valence-corrected chi connectivity index (χ0v) is 17.6. The molecule has 0 aliphatic rings. The maximum atomic E-state index is 12.1. The van der Waals surface area contributed by atoms with E-state index in [1.807, 2.05) is 41.8 Å². The molecule has 0 fully saturated rings. The number of hydrogen-bond acceptors (Lipinski definition) is 4. The van der Waals surface area contributed by atoms with Crippen LogP contribution in [-0.2, 0) is 16.0 Å². The molecule has 0 aliphatic heterocycles. The van der Waals surface area contributed by atoms with E-state index < -0.39 is 5.97 Å². The van der Waals surface area contributed by atoms with E-state index in [-0.39, 0.29) is 18.0 Å². The summed E-state index contributed by atoms with van der Waals surface area (Å²) in [4.78, 5) is 24.4. The summed E-state index contributed by atoms with van der Waals surface area (Å²) in [5, 5.41) is 13.7. The van der Waals surface area contributed by atoms with Crippen molar-refractivity contribution in [1.82, 2.24) is 5.32 Å². The lowest BCUT2D eigenvalue weighted by molar-refractivity contribution is -0.134. The van der Waals surface area contributed by atoms with Gasteiger partial charge < -0.3 is 15.2 Å². The van der Waals surface area contributed by atoms with Gasteiger partial charge in [0, 0.05) is 4.88 Å². The van der Waals surface area contributed by atoms with Crippen molar-refractivity contribution in [2.24, 2.45) is 0 Å². The normalized spacial score (nSPS) is 11.1. The van der Waals surface area contributed by atoms with Gasteiger partial charge in [-0.15, -0.1) is 11.3 Å². The molecule has 5 nitrogen and oxygen atoms in total. The first-order chi connectivity index (χ1) is 13.5. The molecule has 0 radical (unpaired) electrons. The van der Waals surface area contributed by atoms with Crippen molar-refractivity contribution < 1.29 is 19.4 Å². The topological polar surface area (TPSA) is 75.6 Å². The van der Waals surface area contributed by atoms with Crippen LogP contribution >= 0.6 is 33.9 Å². The fraction of sp³-hybridized carbons (Fsp3) is 0.0476. The zero-order chi connectivity index (χ0) is 19.9. The van der Waals surface area contributed by atoms with Gasteiger partial charge in [-0.05, 0) is 69.9 Å². The largest absolute Gasteiger partial charge is 0.477 e. The highest BCUT2D eigenvalue weighted by Gasteiger charge is 2.13. The zero-order valence-electron chi connectivity index (χ0n) is 14.6. The number of ether oxygens (including phenoxy) is 1. The molecule has 2 N–H and O–H groups in total. The molecule has 142 valence electrons. The number of carboxylic acids is 1. The van der Waals surface area contributed by atoms with Crippen molar-refractivity contribution in [3.63, 3.8) is 0 Å². The molecule has 0 aliphatic carbocycles. The van der Waals surface area contributed by atoms with Crippen LogP contribution < -0.4 is 10.1 Å². The number of benzene rings is 2. The number of carbonyl (C=O) groups excluding carboxylic acids is 1. The molecule has 1 amide bonds. The van der Waals surface area contributed by atoms with Crippen molar-refractivity contribution in [2.75, 3.05) is 0 Å². The summed E-state index contributed by atoms with van der Waals surface area (Å²) in [6.45, 7) is 0. The standard InChI is InChI=1S/C21H16INO4S/c22-17-5-1-2-6-19(17)27-15-9-7-14(8-10-15)12-18(21(25)26)23-20(24)13-16-4-3-11-28-16/h1-12H,13H2,(H,23,24)(H,25,26)/b18-12+.